The third-order valence-corrected chi connectivity index (χ3v) is 2.88. The van der Waals surface area contributed by atoms with E-state index in [1.54, 1.807) is 0 Å². The van der Waals surface area contributed by atoms with Gasteiger partial charge in [0, 0.05) is 32.1 Å². The number of amidine groups is 1. The summed E-state index contributed by atoms with van der Waals surface area (Å²) in [6.45, 7) is 2.01. The zero-order valence-corrected chi connectivity index (χ0v) is 10.0. The monoisotopic (exact) mass is 243 g/mol. The normalized spacial score (nSPS) is 18.0. The standard InChI is InChI=1S/C11H21N3O3/c12-10(14-16)3-1-2-6-13-11(15)9-4-7-17-8-5-9/h9,16H,1-8H2,(H2,12,14)(H,13,15). The Kier molecular flexibility index (Phi) is 6.39. The third kappa shape index (κ3) is 5.53. The highest BCUT2D eigenvalue weighted by Gasteiger charge is 2.20. The van der Waals surface area contributed by atoms with Gasteiger partial charge in [-0.25, -0.2) is 0 Å². The first kappa shape index (κ1) is 13.8. The van der Waals surface area contributed by atoms with E-state index in [0.717, 1.165) is 25.7 Å². The molecule has 0 aliphatic carbocycles. The van der Waals surface area contributed by atoms with E-state index >= 15 is 0 Å². The summed E-state index contributed by atoms with van der Waals surface area (Å²) in [7, 11) is 0. The van der Waals surface area contributed by atoms with Crippen LogP contribution < -0.4 is 11.1 Å². The quantitative estimate of drug-likeness (QED) is 0.207. The lowest BCUT2D eigenvalue weighted by molar-refractivity contribution is -0.127. The number of hydrogen-bond donors (Lipinski definition) is 3. The van der Waals surface area contributed by atoms with Crippen molar-refractivity contribution in [2.75, 3.05) is 19.8 Å². The molecule has 17 heavy (non-hydrogen) atoms. The molecule has 1 fully saturated rings. The summed E-state index contributed by atoms with van der Waals surface area (Å²) in [5, 5.41) is 14.1. The van der Waals surface area contributed by atoms with Gasteiger partial charge in [-0.15, -0.1) is 0 Å². The Balaban J connectivity index is 2.03. The highest BCUT2D eigenvalue weighted by Crippen LogP contribution is 2.14. The van der Waals surface area contributed by atoms with Crippen LogP contribution in [0.2, 0.25) is 0 Å². The molecule has 0 saturated carbocycles. The van der Waals surface area contributed by atoms with Gasteiger partial charge in [-0.2, -0.15) is 0 Å². The van der Waals surface area contributed by atoms with Crippen molar-refractivity contribution in [1.82, 2.24) is 5.32 Å². The van der Waals surface area contributed by atoms with Crippen molar-refractivity contribution in [3.63, 3.8) is 0 Å². The van der Waals surface area contributed by atoms with Crippen molar-refractivity contribution in [3.8, 4) is 0 Å². The average Bonchev–Trinajstić information content (AvgIpc) is 2.38. The van der Waals surface area contributed by atoms with Gasteiger partial charge in [0.1, 0.15) is 5.84 Å². The van der Waals surface area contributed by atoms with Crippen molar-refractivity contribution in [3.05, 3.63) is 0 Å². The van der Waals surface area contributed by atoms with Crippen LogP contribution in [0, 0.1) is 5.92 Å². The van der Waals surface area contributed by atoms with Crippen molar-refractivity contribution in [1.29, 1.82) is 0 Å². The molecule has 4 N–H and O–H groups in total. The van der Waals surface area contributed by atoms with Gasteiger partial charge in [-0.3, -0.25) is 4.79 Å². The van der Waals surface area contributed by atoms with E-state index in [-0.39, 0.29) is 17.7 Å². The molecule has 98 valence electrons. The van der Waals surface area contributed by atoms with Gasteiger partial charge >= 0.3 is 0 Å². The molecule has 1 aliphatic heterocycles. The van der Waals surface area contributed by atoms with Crippen LogP contribution in [0.4, 0.5) is 0 Å². The lowest BCUT2D eigenvalue weighted by atomic mass is 9.99. The molecule has 1 amide bonds. The van der Waals surface area contributed by atoms with E-state index < -0.39 is 0 Å². The van der Waals surface area contributed by atoms with Gasteiger partial charge in [0.2, 0.25) is 5.91 Å². The van der Waals surface area contributed by atoms with Crippen LogP contribution in [-0.4, -0.2) is 36.7 Å². The molecule has 0 unspecified atom stereocenters. The Labute approximate surface area is 101 Å². The van der Waals surface area contributed by atoms with Crippen LogP contribution in [0.25, 0.3) is 0 Å². The largest absolute Gasteiger partial charge is 0.409 e. The predicted molar refractivity (Wildman–Crippen MR) is 63.8 cm³/mol. The number of amides is 1. The summed E-state index contributed by atoms with van der Waals surface area (Å²) in [5.41, 5.74) is 5.33. The molecule has 1 rings (SSSR count). The number of carbonyl (C=O) groups is 1. The predicted octanol–water partition coefficient (Wildman–Crippen LogP) is 0.446. The summed E-state index contributed by atoms with van der Waals surface area (Å²) in [4.78, 5) is 11.7. The topological polar surface area (TPSA) is 96.9 Å². The molecule has 1 aliphatic rings. The molecule has 1 heterocycles. The van der Waals surface area contributed by atoms with E-state index in [1.165, 1.54) is 0 Å². The van der Waals surface area contributed by atoms with Crippen LogP contribution >= 0.6 is 0 Å². The Morgan fingerprint density at radius 3 is 2.76 bits per heavy atom. The van der Waals surface area contributed by atoms with Crippen LogP contribution in [0.15, 0.2) is 5.16 Å². The van der Waals surface area contributed by atoms with Gasteiger partial charge in [0.15, 0.2) is 0 Å². The molecular weight excluding hydrogens is 222 g/mol. The Morgan fingerprint density at radius 2 is 2.12 bits per heavy atom. The lowest BCUT2D eigenvalue weighted by Crippen LogP contribution is -2.34. The zero-order chi connectivity index (χ0) is 12.5. The molecule has 0 atom stereocenters. The first-order valence-corrected chi connectivity index (χ1v) is 6.06. The van der Waals surface area contributed by atoms with Crippen molar-refractivity contribution in [2.45, 2.75) is 32.1 Å². The van der Waals surface area contributed by atoms with E-state index in [2.05, 4.69) is 10.5 Å². The smallest absolute Gasteiger partial charge is 0.223 e. The number of rotatable bonds is 6. The molecule has 0 spiro atoms. The SMILES string of the molecule is NC(CCCCNC(=O)C1CCOCC1)=NO. The van der Waals surface area contributed by atoms with Gasteiger partial charge in [0.05, 0.1) is 0 Å². The highest BCUT2D eigenvalue weighted by molar-refractivity contribution is 5.79. The molecule has 0 bridgehead atoms. The Bertz CT molecular complexity index is 263. The number of nitrogens with zero attached hydrogens (tertiary/aromatic N) is 1. The van der Waals surface area contributed by atoms with Crippen molar-refractivity contribution in [2.24, 2.45) is 16.8 Å². The van der Waals surface area contributed by atoms with E-state index in [0.29, 0.717) is 26.2 Å². The van der Waals surface area contributed by atoms with Gasteiger partial charge in [0.25, 0.3) is 0 Å². The number of carbonyl (C=O) groups excluding carboxylic acids is 1. The average molecular weight is 243 g/mol. The number of nitrogens with one attached hydrogen (secondary N) is 1. The number of unbranched alkanes of at least 4 members (excludes halogenated alkanes) is 1. The lowest BCUT2D eigenvalue weighted by Gasteiger charge is -2.21. The van der Waals surface area contributed by atoms with E-state index in [1.807, 2.05) is 0 Å². The molecule has 0 aromatic carbocycles. The maximum Gasteiger partial charge on any atom is 0.223 e. The fourth-order valence-corrected chi connectivity index (χ4v) is 1.80. The summed E-state index contributed by atoms with van der Waals surface area (Å²) in [6, 6.07) is 0. The van der Waals surface area contributed by atoms with Gasteiger partial charge in [-0.05, 0) is 25.7 Å². The molecule has 0 aromatic rings. The molecular formula is C11H21N3O3. The Morgan fingerprint density at radius 1 is 1.41 bits per heavy atom. The van der Waals surface area contributed by atoms with E-state index in [9.17, 15) is 4.79 Å². The van der Waals surface area contributed by atoms with Crippen LogP contribution in [0.3, 0.4) is 0 Å². The minimum atomic E-state index is 0.104. The molecule has 6 heteroatoms. The van der Waals surface area contributed by atoms with E-state index in [4.69, 9.17) is 15.7 Å². The molecule has 1 saturated heterocycles. The molecule has 0 radical (unpaired) electrons. The minimum Gasteiger partial charge on any atom is -0.409 e. The van der Waals surface area contributed by atoms with Crippen LogP contribution in [-0.2, 0) is 9.53 Å². The zero-order valence-electron chi connectivity index (χ0n) is 10.0. The maximum absolute atomic E-state index is 11.7. The van der Waals surface area contributed by atoms with Crippen molar-refractivity contribution < 1.29 is 14.7 Å². The van der Waals surface area contributed by atoms with Crippen LogP contribution in [0.1, 0.15) is 32.1 Å². The van der Waals surface area contributed by atoms with Gasteiger partial charge in [-0.1, -0.05) is 5.16 Å². The summed E-state index contributed by atoms with van der Waals surface area (Å²) < 4.78 is 5.20. The minimum absolute atomic E-state index is 0.104. The first-order valence-electron chi connectivity index (χ1n) is 6.06. The second-order valence-electron chi connectivity index (χ2n) is 4.23. The second kappa shape index (κ2) is 7.89. The Hall–Kier alpha value is -1.30. The highest BCUT2D eigenvalue weighted by atomic mass is 16.5. The molecule has 0 aromatic heterocycles. The maximum atomic E-state index is 11.7. The van der Waals surface area contributed by atoms with Crippen LogP contribution in [0.5, 0.6) is 0 Å². The fraction of sp³-hybridized carbons (Fsp3) is 0.818. The summed E-state index contributed by atoms with van der Waals surface area (Å²) >= 11 is 0. The molecule has 6 nitrogen and oxygen atoms in total. The summed E-state index contributed by atoms with van der Waals surface area (Å²) in [6.07, 6.45) is 3.84. The van der Waals surface area contributed by atoms with Gasteiger partial charge < -0.3 is 21.0 Å². The first-order chi connectivity index (χ1) is 8.24. The number of hydrogen-bond acceptors (Lipinski definition) is 4. The second-order valence-corrected chi connectivity index (χ2v) is 4.23. The van der Waals surface area contributed by atoms with Crippen molar-refractivity contribution >= 4 is 11.7 Å². The number of oxime groups is 1. The number of nitrogens with two attached hydrogens (primary N) is 1. The fourth-order valence-electron chi connectivity index (χ4n) is 1.80. The third-order valence-electron chi connectivity index (χ3n) is 2.88. The summed E-state index contributed by atoms with van der Waals surface area (Å²) in [5.74, 6) is 0.464. The number of ether oxygens (including phenoxy) is 1.